The molecule has 3 rings (SSSR count). The Balaban J connectivity index is 0.00000108. The minimum Gasteiger partial charge on any atom is -0.312 e. The first-order chi connectivity index (χ1) is 7.84. The predicted molar refractivity (Wildman–Crippen MR) is 70.4 cm³/mol. The van der Waals surface area contributed by atoms with Crippen LogP contribution in [0.25, 0.3) is 0 Å². The lowest BCUT2D eigenvalue weighted by atomic mass is 9.87. The van der Waals surface area contributed by atoms with Crippen LogP contribution in [0, 0.1) is 0 Å². The van der Waals surface area contributed by atoms with Gasteiger partial charge < -0.3 is 5.32 Å². The Hall–Kier alpha value is -1.32. The monoisotopic (exact) mass is 249 g/mol. The van der Waals surface area contributed by atoms with Crippen LogP contribution in [0.1, 0.15) is 22.6 Å². The van der Waals surface area contributed by atoms with Crippen LogP contribution in [0.2, 0.25) is 0 Å². The molecule has 0 aliphatic carbocycles. The van der Waals surface area contributed by atoms with Crippen molar-refractivity contribution >= 4 is 12.4 Å². The number of rotatable bonds is 1. The number of hydrogen-bond acceptors (Lipinski definition) is 2. The average molecular weight is 250 g/mol. The van der Waals surface area contributed by atoms with Gasteiger partial charge in [0.15, 0.2) is 0 Å². The van der Waals surface area contributed by atoms with Crippen molar-refractivity contribution in [2.75, 3.05) is 6.54 Å². The molecule has 90 valence electrons. The smallest absolute Gasteiger partial charge is 0.0528 e. The lowest BCUT2D eigenvalue weighted by Gasteiger charge is -2.25. The number of halogens is 1. The minimum absolute atomic E-state index is 0. The van der Waals surface area contributed by atoms with E-state index in [1.165, 1.54) is 16.7 Å². The number of aryl methyl sites for hydroxylation is 1. The van der Waals surface area contributed by atoms with Crippen molar-refractivity contribution < 1.29 is 0 Å². The number of nitrogens with zero attached hydrogens (tertiary/aromatic N) is 2. The van der Waals surface area contributed by atoms with E-state index in [1.54, 1.807) is 0 Å². The Kier molecular flexibility index (Phi) is 3.50. The molecule has 0 bridgehead atoms. The first-order valence-corrected chi connectivity index (χ1v) is 5.61. The molecule has 0 fully saturated rings. The minimum atomic E-state index is 0. The van der Waals surface area contributed by atoms with Gasteiger partial charge in [-0.1, -0.05) is 24.3 Å². The van der Waals surface area contributed by atoms with Crippen LogP contribution in [0.4, 0.5) is 0 Å². The zero-order chi connectivity index (χ0) is 11.0. The van der Waals surface area contributed by atoms with Crippen LogP contribution in [-0.2, 0) is 13.6 Å². The highest BCUT2D eigenvalue weighted by Crippen LogP contribution is 2.29. The highest BCUT2D eigenvalue weighted by atomic mass is 35.5. The average Bonchev–Trinajstić information content (AvgIpc) is 2.75. The lowest BCUT2D eigenvalue weighted by Crippen LogP contribution is -2.28. The quantitative estimate of drug-likeness (QED) is 0.839. The molecule has 0 amide bonds. The molecule has 1 aromatic heterocycles. The Morgan fingerprint density at radius 1 is 1.35 bits per heavy atom. The van der Waals surface area contributed by atoms with Gasteiger partial charge in [-0.15, -0.1) is 12.4 Å². The largest absolute Gasteiger partial charge is 0.312 e. The summed E-state index contributed by atoms with van der Waals surface area (Å²) in [6.07, 6.45) is 4.07. The maximum atomic E-state index is 4.25. The summed E-state index contributed by atoms with van der Waals surface area (Å²) in [6.45, 7) is 1.98. The summed E-state index contributed by atoms with van der Waals surface area (Å²) >= 11 is 0. The van der Waals surface area contributed by atoms with Gasteiger partial charge in [0.25, 0.3) is 0 Å². The summed E-state index contributed by atoms with van der Waals surface area (Å²) in [7, 11) is 1.96. The van der Waals surface area contributed by atoms with Crippen LogP contribution in [0.3, 0.4) is 0 Å². The van der Waals surface area contributed by atoms with E-state index in [1.807, 2.05) is 17.9 Å². The summed E-state index contributed by atoms with van der Waals surface area (Å²) in [5.74, 6) is 0.443. The second-order valence-corrected chi connectivity index (χ2v) is 4.33. The van der Waals surface area contributed by atoms with Crippen LogP contribution < -0.4 is 5.32 Å². The molecule has 1 aromatic carbocycles. The van der Waals surface area contributed by atoms with Crippen molar-refractivity contribution in [3.05, 3.63) is 53.3 Å². The topological polar surface area (TPSA) is 29.9 Å². The maximum Gasteiger partial charge on any atom is 0.0528 e. The molecule has 0 radical (unpaired) electrons. The SMILES string of the molecule is Cl.Cn1cc(C2CNCc3ccccc32)cn1. The molecule has 0 spiro atoms. The third-order valence-electron chi connectivity index (χ3n) is 3.22. The fraction of sp³-hybridized carbons (Fsp3) is 0.308. The molecule has 1 aliphatic heterocycles. The van der Waals surface area contributed by atoms with Gasteiger partial charge in [-0.25, -0.2) is 0 Å². The molecular weight excluding hydrogens is 234 g/mol. The summed E-state index contributed by atoms with van der Waals surface area (Å²) in [6, 6.07) is 8.65. The van der Waals surface area contributed by atoms with Gasteiger partial charge in [0.2, 0.25) is 0 Å². The van der Waals surface area contributed by atoms with Crippen LogP contribution >= 0.6 is 12.4 Å². The Labute approximate surface area is 107 Å². The molecule has 3 nitrogen and oxygen atoms in total. The van der Waals surface area contributed by atoms with Gasteiger partial charge in [0.05, 0.1) is 6.20 Å². The second kappa shape index (κ2) is 4.90. The second-order valence-electron chi connectivity index (χ2n) is 4.33. The molecule has 17 heavy (non-hydrogen) atoms. The molecule has 1 unspecified atom stereocenters. The van der Waals surface area contributed by atoms with E-state index in [0.29, 0.717) is 5.92 Å². The standard InChI is InChI=1S/C13H15N3.ClH/c1-16-9-11(7-15-16)13-8-14-6-10-4-2-3-5-12(10)13;/h2-5,7,9,13-14H,6,8H2,1H3;1H. The van der Waals surface area contributed by atoms with E-state index < -0.39 is 0 Å². The maximum absolute atomic E-state index is 4.25. The van der Waals surface area contributed by atoms with Gasteiger partial charge in [0, 0.05) is 32.3 Å². The first-order valence-electron chi connectivity index (χ1n) is 5.61. The van der Waals surface area contributed by atoms with E-state index in [9.17, 15) is 0 Å². The third kappa shape index (κ3) is 2.21. The van der Waals surface area contributed by atoms with Gasteiger partial charge in [0.1, 0.15) is 0 Å². The Morgan fingerprint density at radius 2 is 2.18 bits per heavy atom. The fourth-order valence-electron chi connectivity index (χ4n) is 2.41. The molecule has 0 saturated carbocycles. The molecule has 1 atom stereocenters. The van der Waals surface area contributed by atoms with Crippen LogP contribution in [0.15, 0.2) is 36.7 Å². The van der Waals surface area contributed by atoms with E-state index in [2.05, 4.69) is 40.9 Å². The summed E-state index contributed by atoms with van der Waals surface area (Å²) in [4.78, 5) is 0. The van der Waals surface area contributed by atoms with Crippen molar-refractivity contribution in [2.45, 2.75) is 12.5 Å². The summed E-state index contributed by atoms with van der Waals surface area (Å²) in [5.41, 5.74) is 4.14. The third-order valence-corrected chi connectivity index (χ3v) is 3.22. The molecule has 2 aromatic rings. The van der Waals surface area contributed by atoms with Crippen molar-refractivity contribution in [3.63, 3.8) is 0 Å². The van der Waals surface area contributed by atoms with E-state index >= 15 is 0 Å². The number of nitrogens with one attached hydrogen (secondary N) is 1. The van der Waals surface area contributed by atoms with Gasteiger partial charge in [-0.2, -0.15) is 5.10 Å². The van der Waals surface area contributed by atoms with E-state index in [-0.39, 0.29) is 12.4 Å². The molecule has 0 saturated heterocycles. The van der Waals surface area contributed by atoms with Crippen molar-refractivity contribution in [1.82, 2.24) is 15.1 Å². The molecule has 1 N–H and O–H groups in total. The highest BCUT2D eigenvalue weighted by Gasteiger charge is 2.21. The Morgan fingerprint density at radius 3 is 2.94 bits per heavy atom. The number of aromatic nitrogens is 2. The predicted octanol–water partition coefficient (Wildman–Crippen LogP) is 2.08. The molecule has 2 heterocycles. The zero-order valence-corrected chi connectivity index (χ0v) is 10.6. The molecule has 4 heteroatoms. The normalized spacial score (nSPS) is 18.3. The van der Waals surface area contributed by atoms with Crippen molar-refractivity contribution in [3.8, 4) is 0 Å². The highest BCUT2D eigenvalue weighted by molar-refractivity contribution is 5.85. The van der Waals surface area contributed by atoms with E-state index in [0.717, 1.165) is 13.1 Å². The van der Waals surface area contributed by atoms with Crippen LogP contribution in [-0.4, -0.2) is 16.3 Å². The fourth-order valence-corrected chi connectivity index (χ4v) is 2.41. The zero-order valence-electron chi connectivity index (χ0n) is 9.76. The Bertz CT molecular complexity index is 507. The van der Waals surface area contributed by atoms with Crippen molar-refractivity contribution in [2.24, 2.45) is 7.05 Å². The number of hydrogen-bond donors (Lipinski definition) is 1. The summed E-state index contributed by atoms with van der Waals surface area (Å²) in [5, 5.41) is 7.72. The molecular formula is C13H16ClN3. The van der Waals surface area contributed by atoms with Gasteiger partial charge in [-0.3, -0.25) is 4.68 Å². The molecule has 1 aliphatic rings. The first kappa shape index (κ1) is 12.1. The number of benzene rings is 1. The van der Waals surface area contributed by atoms with Gasteiger partial charge in [-0.05, 0) is 16.7 Å². The van der Waals surface area contributed by atoms with E-state index in [4.69, 9.17) is 0 Å². The lowest BCUT2D eigenvalue weighted by molar-refractivity contribution is 0.591. The van der Waals surface area contributed by atoms with Crippen LogP contribution in [0.5, 0.6) is 0 Å². The number of fused-ring (bicyclic) bond motifs is 1. The summed E-state index contributed by atoms with van der Waals surface area (Å²) < 4.78 is 1.87. The van der Waals surface area contributed by atoms with Gasteiger partial charge >= 0.3 is 0 Å². The van der Waals surface area contributed by atoms with Crippen molar-refractivity contribution in [1.29, 1.82) is 0 Å².